The predicted molar refractivity (Wildman–Crippen MR) is 76.8 cm³/mol. The molecule has 0 spiro atoms. The zero-order valence-corrected chi connectivity index (χ0v) is 11.9. The number of hydrogen-bond acceptors (Lipinski definition) is 3. The number of likely N-dealkylation sites (N-methyl/N-ethyl adjacent to an activating group) is 1. The maximum atomic E-state index is 5.55. The highest BCUT2D eigenvalue weighted by Crippen LogP contribution is 2.32. The third kappa shape index (κ3) is 2.61. The van der Waals surface area contributed by atoms with E-state index < -0.39 is 0 Å². The zero-order chi connectivity index (χ0) is 13.1. The molecule has 0 aromatic heterocycles. The predicted octanol–water partition coefficient (Wildman–Crippen LogP) is 2.62. The van der Waals surface area contributed by atoms with Gasteiger partial charge in [-0.05, 0) is 36.6 Å². The molecule has 0 radical (unpaired) electrons. The summed E-state index contributed by atoms with van der Waals surface area (Å²) >= 11 is 0. The number of anilines is 1. The normalized spacial score (nSPS) is 19.3. The zero-order valence-electron chi connectivity index (χ0n) is 11.9. The van der Waals surface area contributed by atoms with Gasteiger partial charge in [-0.1, -0.05) is 19.9 Å². The lowest BCUT2D eigenvalue weighted by Gasteiger charge is -2.28. The first-order valence-corrected chi connectivity index (χ1v) is 6.75. The van der Waals surface area contributed by atoms with Crippen molar-refractivity contribution in [2.45, 2.75) is 32.2 Å². The average molecular weight is 248 g/mol. The molecule has 1 aromatic rings. The molecule has 1 N–H and O–H groups in total. The van der Waals surface area contributed by atoms with Crippen molar-refractivity contribution < 1.29 is 4.74 Å². The summed E-state index contributed by atoms with van der Waals surface area (Å²) in [5, 5.41) is 3.41. The third-order valence-electron chi connectivity index (χ3n) is 3.83. The number of rotatable bonds is 4. The Labute approximate surface area is 110 Å². The molecular formula is C15H24N2O. The summed E-state index contributed by atoms with van der Waals surface area (Å²) in [4.78, 5) is 2.34. The van der Waals surface area contributed by atoms with E-state index in [4.69, 9.17) is 4.74 Å². The van der Waals surface area contributed by atoms with Crippen molar-refractivity contribution in [3.63, 3.8) is 0 Å². The first-order chi connectivity index (χ1) is 8.63. The van der Waals surface area contributed by atoms with Gasteiger partial charge in [-0.15, -0.1) is 0 Å². The van der Waals surface area contributed by atoms with Gasteiger partial charge in [-0.2, -0.15) is 0 Å². The standard InChI is InChI=1S/C15H24N2O/c1-11(2)12-5-6-14(15(9-12)18-4)17(3)13-7-8-16-10-13/h5-6,9,11,13,16H,7-8,10H2,1-4H3. The molecule has 0 saturated carbocycles. The maximum Gasteiger partial charge on any atom is 0.142 e. The smallest absolute Gasteiger partial charge is 0.142 e. The van der Waals surface area contributed by atoms with E-state index >= 15 is 0 Å². The van der Waals surface area contributed by atoms with Crippen LogP contribution in [0.4, 0.5) is 5.69 Å². The van der Waals surface area contributed by atoms with Gasteiger partial charge in [0, 0.05) is 19.6 Å². The van der Waals surface area contributed by atoms with Crippen LogP contribution >= 0.6 is 0 Å². The first-order valence-electron chi connectivity index (χ1n) is 6.75. The van der Waals surface area contributed by atoms with Crippen LogP contribution in [0.3, 0.4) is 0 Å². The Morgan fingerprint density at radius 3 is 2.72 bits per heavy atom. The molecule has 18 heavy (non-hydrogen) atoms. The molecule has 1 unspecified atom stereocenters. The summed E-state index contributed by atoms with van der Waals surface area (Å²) in [7, 11) is 3.91. The van der Waals surface area contributed by atoms with Crippen LogP contribution in [0.2, 0.25) is 0 Å². The maximum absolute atomic E-state index is 5.55. The molecule has 2 rings (SSSR count). The average Bonchev–Trinajstić information content (AvgIpc) is 2.90. The minimum atomic E-state index is 0.534. The minimum Gasteiger partial charge on any atom is -0.495 e. The fourth-order valence-electron chi connectivity index (χ4n) is 2.51. The molecule has 1 saturated heterocycles. The Balaban J connectivity index is 2.26. The molecule has 1 heterocycles. The molecule has 1 aliphatic rings. The SMILES string of the molecule is COc1cc(C(C)C)ccc1N(C)C1CCNC1. The number of methoxy groups -OCH3 is 1. The topological polar surface area (TPSA) is 24.5 Å². The van der Waals surface area contributed by atoms with E-state index in [9.17, 15) is 0 Å². The second-order valence-corrected chi connectivity index (χ2v) is 5.34. The minimum absolute atomic E-state index is 0.534. The van der Waals surface area contributed by atoms with Crippen LogP contribution in [0.5, 0.6) is 5.75 Å². The van der Waals surface area contributed by atoms with E-state index in [2.05, 4.69) is 49.3 Å². The van der Waals surface area contributed by atoms with Gasteiger partial charge in [-0.3, -0.25) is 0 Å². The lowest BCUT2D eigenvalue weighted by Crippen LogP contribution is -2.33. The van der Waals surface area contributed by atoms with Gasteiger partial charge >= 0.3 is 0 Å². The highest BCUT2D eigenvalue weighted by Gasteiger charge is 2.21. The molecule has 100 valence electrons. The summed E-state index contributed by atoms with van der Waals surface area (Å²) in [5.41, 5.74) is 2.52. The van der Waals surface area contributed by atoms with Crippen molar-refractivity contribution in [1.29, 1.82) is 0 Å². The number of ether oxygens (including phenoxy) is 1. The second-order valence-electron chi connectivity index (χ2n) is 5.34. The molecule has 1 aliphatic heterocycles. The Kier molecular flexibility index (Phi) is 4.12. The molecule has 0 amide bonds. The molecule has 0 bridgehead atoms. The molecule has 0 aliphatic carbocycles. The molecule has 1 fully saturated rings. The second kappa shape index (κ2) is 5.61. The Morgan fingerprint density at radius 1 is 1.39 bits per heavy atom. The van der Waals surface area contributed by atoms with Gasteiger partial charge in [0.2, 0.25) is 0 Å². The van der Waals surface area contributed by atoms with E-state index in [0.29, 0.717) is 12.0 Å². The lowest BCUT2D eigenvalue weighted by molar-refractivity contribution is 0.413. The summed E-state index contributed by atoms with van der Waals surface area (Å²) in [6, 6.07) is 7.14. The molecule has 1 atom stereocenters. The van der Waals surface area contributed by atoms with Crippen molar-refractivity contribution in [2.24, 2.45) is 0 Å². The summed E-state index contributed by atoms with van der Waals surface area (Å²) in [6.07, 6.45) is 1.20. The van der Waals surface area contributed by atoms with Crippen molar-refractivity contribution in [3.05, 3.63) is 23.8 Å². The third-order valence-corrected chi connectivity index (χ3v) is 3.83. The Morgan fingerprint density at radius 2 is 2.17 bits per heavy atom. The first kappa shape index (κ1) is 13.2. The van der Waals surface area contributed by atoms with E-state index in [0.717, 1.165) is 18.8 Å². The summed E-state index contributed by atoms with van der Waals surface area (Å²) in [5.74, 6) is 1.52. The monoisotopic (exact) mass is 248 g/mol. The number of nitrogens with zero attached hydrogens (tertiary/aromatic N) is 1. The Bertz CT molecular complexity index is 397. The molecule has 3 nitrogen and oxygen atoms in total. The summed E-state index contributed by atoms with van der Waals surface area (Å²) in [6.45, 7) is 6.59. The molecule has 1 aromatic carbocycles. The van der Waals surface area contributed by atoms with Crippen LogP contribution < -0.4 is 15.0 Å². The largest absolute Gasteiger partial charge is 0.495 e. The van der Waals surface area contributed by atoms with E-state index in [1.807, 2.05) is 0 Å². The van der Waals surface area contributed by atoms with Crippen LogP contribution in [0, 0.1) is 0 Å². The van der Waals surface area contributed by atoms with Crippen LogP contribution in [0.1, 0.15) is 31.7 Å². The van der Waals surface area contributed by atoms with Crippen LogP contribution in [0.25, 0.3) is 0 Å². The summed E-state index contributed by atoms with van der Waals surface area (Å²) < 4.78 is 5.55. The number of benzene rings is 1. The Hall–Kier alpha value is -1.22. The van der Waals surface area contributed by atoms with Gasteiger partial charge in [0.15, 0.2) is 0 Å². The quantitative estimate of drug-likeness (QED) is 0.886. The number of hydrogen-bond donors (Lipinski definition) is 1. The highest BCUT2D eigenvalue weighted by molar-refractivity contribution is 5.60. The van der Waals surface area contributed by atoms with Gasteiger partial charge < -0.3 is 15.0 Å². The van der Waals surface area contributed by atoms with Crippen molar-refractivity contribution in [1.82, 2.24) is 5.32 Å². The van der Waals surface area contributed by atoms with Crippen LogP contribution in [-0.4, -0.2) is 33.3 Å². The van der Waals surface area contributed by atoms with E-state index in [1.54, 1.807) is 7.11 Å². The molecular weight excluding hydrogens is 224 g/mol. The van der Waals surface area contributed by atoms with Crippen LogP contribution in [0.15, 0.2) is 18.2 Å². The van der Waals surface area contributed by atoms with Crippen molar-refractivity contribution >= 4 is 5.69 Å². The van der Waals surface area contributed by atoms with Gasteiger partial charge in [-0.25, -0.2) is 0 Å². The van der Waals surface area contributed by atoms with Crippen LogP contribution in [-0.2, 0) is 0 Å². The molecule has 3 heteroatoms. The number of nitrogens with one attached hydrogen (secondary N) is 1. The van der Waals surface area contributed by atoms with Crippen molar-refractivity contribution in [2.75, 3.05) is 32.1 Å². The van der Waals surface area contributed by atoms with Crippen molar-refractivity contribution in [3.8, 4) is 5.75 Å². The lowest BCUT2D eigenvalue weighted by atomic mass is 10.0. The van der Waals surface area contributed by atoms with Gasteiger partial charge in [0.05, 0.1) is 12.8 Å². The van der Waals surface area contributed by atoms with Gasteiger partial charge in [0.1, 0.15) is 5.75 Å². The van der Waals surface area contributed by atoms with E-state index in [-0.39, 0.29) is 0 Å². The van der Waals surface area contributed by atoms with E-state index in [1.165, 1.54) is 17.7 Å². The van der Waals surface area contributed by atoms with Gasteiger partial charge in [0.25, 0.3) is 0 Å². The fourth-order valence-corrected chi connectivity index (χ4v) is 2.51. The fraction of sp³-hybridized carbons (Fsp3) is 0.600. The highest BCUT2D eigenvalue weighted by atomic mass is 16.5.